The summed E-state index contributed by atoms with van der Waals surface area (Å²) >= 11 is 1.71. The van der Waals surface area contributed by atoms with E-state index in [1.54, 1.807) is 30.1 Å². The summed E-state index contributed by atoms with van der Waals surface area (Å²) in [5.41, 5.74) is 2.42. The highest BCUT2D eigenvalue weighted by Crippen LogP contribution is 2.36. The van der Waals surface area contributed by atoms with Crippen LogP contribution in [0.5, 0.6) is 5.75 Å². The van der Waals surface area contributed by atoms with E-state index in [2.05, 4.69) is 6.92 Å². The molecular weight excluding hydrogens is 372 g/mol. The Labute approximate surface area is 168 Å². The Hall–Kier alpha value is -2.18. The Morgan fingerprint density at radius 3 is 2.75 bits per heavy atom. The number of fused-ring (bicyclic) bond motifs is 3. The second kappa shape index (κ2) is 8.05. The average Bonchev–Trinajstić information content (AvgIpc) is 3.05. The SMILES string of the molecule is COCCn1c(Cc2ccc(OC)cc2)nc2sc3c(c2c1=O)CCC(C)C3. The lowest BCUT2D eigenvalue weighted by atomic mass is 9.89. The largest absolute Gasteiger partial charge is 0.497 e. The molecule has 28 heavy (non-hydrogen) atoms. The lowest BCUT2D eigenvalue weighted by Gasteiger charge is -2.18. The summed E-state index contributed by atoms with van der Waals surface area (Å²) in [6.45, 7) is 3.30. The molecule has 1 unspecified atom stereocenters. The number of hydrogen-bond acceptors (Lipinski definition) is 5. The molecule has 0 saturated heterocycles. The van der Waals surface area contributed by atoms with Gasteiger partial charge in [0.05, 0.1) is 25.6 Å². The standard InChI is InChI=1S/C22H26N2O3S/c1-14-4-9-17-18(12-14)28-21-20(17)22(25)24(10-11-26-2)19(23-21)13-15-5-7-16(27-3)8-6-15/h5-8,14H,4,9-13H2,1-3H3. The van der Waals surface area contributed by atoms with E-state index >= 15 is 0 Å². The maximum absolute atomic E-state index is 13.4. The molecule has 0 amide bonds. The zero-order chi connectivity index (χ0) is 19.7. The van der Waals surface area contributed by atoms with Crippen LogP contribution in [0.25, 0.3) is 10.2 Å². The maximum Gasteiger partial charge on any atom is 0.262 e. The van der Waals surface area contributed by atoms with Crippen LogP contribution in [0.2, 0.25) is 0 Å². The molecule has 1 aliphatic carbocycles. The van der Waals surface area contributed by atoms with E-state index in [-0.39, 0.29) is 5.56 Å². The first kappa shape index (κ1) is 19.2. The summed E-state index contributed by atoms with van der Waals surface area (Å²) in [5.74, 6) is 2.30. The number of hydrogen-bond donors (Lipinski definition) is 0. The normalized spacial score (nSPS) is 16.3. The fourth-order valence-corrected chi connectivity index (χ4v) is 5.33. The minimum atomic E-state index is 0.0811. The van der Waals surface area contributed by atoms with Crippen molar-refractivity contribution in [1.82, 2.24) is 9.55 Å². The quantitative estimate of drug-likeness (QED) is 0.633. The van der Waals surface area contributed by atoms with Crippen LogP contribution in [-0.2, 0) is 30.5 Å². The van der Waals surface area contributed by atoms with Crippen LogP contribution in [0.3, 0.4) is 0 Å². The third kappa shape index (κ3) is 3.59. The van der Waals surface area contributed by atoms with Gasteiger partial charge in [0.15, 0.2) is 0 Å². The monoisotopic (exact) mass is 398 g/mol. The summed E-state index contributed by atoms with van der Waals surface area (Å²) in [7, 11) is 3.32. The molecule has 3 aromatic rings. The summed E-state index contributed by atoms with van der Waals surface area (Å²) in [6.07, 6.45) is 3.79. The van der Waals surface area contributed by atoms with Crippen molar-refractivity contribution in [2.45, 2.75) is 39.2 Å². The van der Waals surface area contributed by atoms with Crippen LogP contribution in [0.4, 0.5) is 0 Å². The van der Waals surface area contributed by atoms with Crippen molar-refractivity contribution in [2.75, 3.05) is 20.8 Å². The van der Waals surface area contributed by atoms with Crippen LogP contribution in [0, 0.1) is 5.92 Å². The summed E-state index contributed by atoms with van der Waals surface area (Å²) in [4.78, 5) is 20.6. The van der Waals surface area contributed by atoms with Gasteiger partial charge in [0.25, 0.3) is 5.56 Å². The van der Waals surface area contributed by atoms with Gasteiger partial charge in [-0.15, -0.1) is 11.3 Å². The van der Waals surface area contributed by atoms with Crippen molar-refractivity contribution in [3.8, 4) is 5.75 Å². The molecule has 1 aliphatic rings. The number of thiophene rings is 1. The third-order valence-corrected chi connectivity index (χ3v) is 6.68. The first-order valence-electron chi connectivity index (χ1n) is 9.76. The molecule has 4 rings (SSSR count). The van der Waals surface area contributed by atoms with Crippen LogP contribution in [0.15, 0.2) is 29.1 Å². The van der Waals surface area contributed by atoms with E-state index in [0.717, 1.165) is 46.6 Å². The van der Waals surface area contributed by atoms with E-state index < -0.39 is 0 Å². The second-order valence-corrected chi connectivity index (χ2v) is 8.62. The van der Waals surface area contributed by atoms with E-state index in [1.165, 1.54) is 10.4 Å². The molecule has 0 fully saturated rings. The third-order valence-electron chi connectivity index (χ3n) is 5.53. The number of rotatable bonds is 6. The maximum atomic E-state index is 13.4. The highest BCUT2D eigenvalue weighted by Gasteiger charge is 2.24. The molecule has 1 atom stereocenters. The Bertz CT molecular complexity index is 1040. The van der Waals surface area contributed by atoms with Crippen LogP contribution < -0.4 is 10.3 Å². The minimum Gasteiger partial charge on any atom is -0.497 e. The molecule has 148 valence electrons. The van der Waals surface area contributed by atoms with E-state index in [0.29, 0.717) is 25.5 Å². The van der Waals surface area contributed by atoms with Crippen molar-refractivity contribution in [3.05, 3.63) is 56.4 Å². The van der Waals surface area contributed by atoms with Gasteiger partial charge in [-0.2, -0.15) is 0 Å². The van der Waals surface area contributed by atoms with Gasteiger partial charge in [-0.25, -0.2) is 4.98 Å². The highest BCUT2D eigenvalue weighted by molar-refractivity contribution is 7.18. The molecule has 0 radical (unpaired) electrons. The number of aromatic nitrogens is 2. The molecule has 5 nitrogen and oxygen atoms in total. The van der Waals surface area contributed by atoms with E-state index in [4.69, 9.17) is 14.5 Å². The second-order valence-electron chi connectivity index (χ2n) is 7.53. The number of nitrogens with zero attached hydrogens (tertiary/aromatic N) is 2. The van der Waals surface area contributed by atoms with Gasteiger partial charge >= 0.3 is 0 Å². The Morgan fingerprint density at radius 1 is 1.25 bits per heavy atom. The van der Waals surface area contributed by atoms with Gasteiger partial charge in [0, 0.05) is 18.4 Å². The van der Waals surface area contributed by atoms with Gasteiger partial charge in [0.2, 0.25) is 0 Å². The van der Waals surface area contributed by atoms with E-state index in [1.807, 2.05) is 24.3 Å². The number of benzene rings is 1. The lowest BCUT2D eigenvalue weighted by Crippen LogP contribution is -2.27. The van der Waals surface area contributed by atoms with Crippen LogP contribution >= 0.6 is 11.3 Å². The predicted octanol–water partition coefficient (Wildman–Crippen LogP) is 3.83. The molecule has 0 N–H and O–H groups in total. The van der Waals surface area contributed by atoms with Gasteiger partial charge in [-0.05, 0) is 48.4 Å². The number of aryl methyl sites for hydroxylation is 1. The molecule has 0 aliphatic heterocycles. The highest BCUT2D eigenvalue weighted by atomic mass is 32.1. The first-order chi connectivity index (χ1) is 13.6. The van der Waals surface area contributed by atoms with Crippen molar-refractivity contribution in [1.29, 1.82) is 0 Å². The van der Waals surface area contributed by atoms with Gasteiger partial charge in [-0.3, -0.25) is 9.36 Å². The smallest absolute Gasteiger partial charge is 0.262 e. The zero-order valence-electron chi connectivity index (χ0n) is 16.7. The molecule has 2 heterocycles. The van der Waals surface area contributed by atoms with Crippen molar-refractivity contribution in [2.24, 2.45) is 5.92 Å². The van der Waals surface area contributed by atoms with E-state index in [9.17, 15) is 4.79 Å². The fourth-order valence-electron chi connectivity index (χ4n) is 3.94. The molecule has 6 heteroatoms. The van der Waals surface area contributed by atoms with Gasteiger partial charge in [-0.1, -0.05) is 19.1 Å². The fraction of sp³-hybridized carbons (Fsp3) is 0.455. The number of ether oxygens (including phenoxy) is 2. The predicted molar refractivity (Wildman–Crippen MR) is 113 cm³/mol. The Morgan fingerprint density at radius 2 is 2.04 bits per heavy atom. The molecule has 2 aromatic heterocycles. The van der Waals surface area contributed by atoms with Crippen LogP contribution in [-0.4, -0.2) is 30.4 Å². The summed E-state index contributed by atoms with van der Waals surface area (Å²) in [6, 6.07) is 7.93. The molecular formula is C22H26N2O3S. The van der Waals surface area contributed by atoms with Crippen molar-refractivity contribution in [3.63, 3.8) is 0 Å². The van der Waals surface area contributed by atoms with Crippen molar-refractivity contribution < 1.29 is 9.47 Å². The summed E-state index contributed by atoms with van der Waals surface area (Å²) < 4.78 is 12.3. The van der Waals surface area contributed by atoms with Crippen LogP contribution in [0.1, 0.15) is 35.2 Å². The first-order valence-corrected chi connectivity index (χ1v) is 10.6. The zero-order valence-corrected chi connectivity index (χ0v) is 17.5. The average molecular weight is 399 g/mol. The molecule has 0 saturated carbocycles. The molecule has 0 spiro atoms. The Balaban J connectivity index is 1.80. The topological polar surface area (TPSA) is 53.4 Å². The number of methoxy groups -OCH3 is 2. The Kier molecular flexibility index (Phi) is 5.51. The van der Waals surface area contributed by atoms with Gasteiger partial charge < -0.3 is 9.47 Å². The molecule has 0 bridgehead atoms. The minimum absolute atomic E-state index is 0.0811. The van der Waals surface area contributed by atoms with Crippen molar-refractivity contribution >= 4 is 21.6 Å². The molecule has 1 aromatic carbocycles. The lowest BCUT2D eigenvalue weighted by molar-refractivity contribution is 0.185. The van der Waals surface area contributed by atoms with Gasteiger partial charge in [0.1, 0.15) is 16.4 Å². The summed E-state index contributed by atoms with van der Waals surface area (Å²) in [5, 5.41) is 0.835.